The Morgan fingerprint density at radius 1 is 1.15 bits per heavy atom. The number of nitrogens with zero attached hydrogens (tertiary/aromatic N) is 3. The molecule has 1 atom stereocenters. The van der Waals surface area contributed by atoms with Gasteiger partial charge in [0.05, 0.1) is 36.7 Å². The molecule has 1 aromatic heterocycles. The number of para-hydroxylation sites is 1. The third-order valence-electron chi connectivity index (χ3n) is 6.01. The van der Waals surface area contributed by atoms with Crippen molar-refractivity contribution >= 4 is 5.91 Å². The van der Waals surface area contributed by atoms with Gasteiger partial charge in [0, 0.05) is 19.1 Å². The molecule has 3 aromatic rings. The molecule has 0 spiro atoms. The zero-order valence-corrected chi connectivity index (χ0v) is 20.4. The summed E-state index contributed by atoms with van der Waals surface area (Å²) in [5.74, 6) is 2.00. The van der Waals surface area contributed by atoms with Crippen molar-refractivity contribution in [1.29, 1.82) is 0 Å². The van der Waals surface area contributed by atoms with Crippen LogP contribution in [0.5, 0.6) is 17.4 Å². The standard InChI is InChI=1S/C27H33N3O4/c1-19(2)26(31)29(17-24-11-8-16-33-24)18-25-20(3)28-30(21-9-6-5-7-10-21)27(25)34-23-14-12-22(32-4)13-15-23/h5-7,9-10,12-15,19,24H,8,11,16-18H2,1-4H3/t24-/m1/s1. The molecule has 1 aliphatic heterocycles. The number of methoxy groups -OCH3 is 1. The van der Waals surface area contributed by atoms with E-state index in [0.717, 1.165) is 42.1 Å². The molecule has 0 unspecified atom stereocenters. The van der Waals surface area contributed by atoms with E-state index in [-0.39, 0.29) is 17.9 Å². The van der Waals surface area contributed by atoms with Crippen molar-refractivity contribution in [1.82, 2.24) is 14.7 Å². The van der Waals surface area contributed by atoms with Gasteiger partial charge in [-0.05, 0) is 56.2 Å². The van der Waals surface area contributed by atoms with Crippen LogP contribution in [0.4, 0.5) is 0 Å². The molecule has 0 radical (unpaired) electrons. The summed E-state index contributed by atoms with van der Waals surface area (Å²) in [5.41, 5.74) is 2.59. The fraction of sp³-hybridized carbons (Fsp3) is 0.407. The minimum atomic E-state index is -0.114. The first-order chi connectivity index (χ1) is 16.5. The Labute approximate surface area is 201 Å². The highest BCUT2D eigenvalue weighted by Gasteiger charge is 2.28. The second kappa shape index (κ2) is 10.7. The van der Waals surface area contributed by atoms with Gasteiger partial charge in [0.15, 0.2) is 0 Å². The molecule has 1 aliphatic rings. The van der Waals surface area contributed by atoms with Gasteiger partial charge in [-0.3, -0.25) is 4.79 Å². The maximum atomic E-state index is 13.2. The number of hydrogen-bond donors (Lipinski definition) is 0. The van der Waals surface area contributed by atoms with Gasteiger partial charge in [-0.1, -0.05) is 32.0 Å². The lowest BCUT2D eigenvalue weighted by Gasteiger charge is -2.27. The Balaban J connectivity index is 1.71. The summed E-state index contributed by atoms with van der Waals surface area (Å²) in [6.45, 7) is 7.54. The number of ether oxygens (including phenoxy) is 3. The van der Waals surface area contributed by atoms with Crippen LogP contribution in [0.25, 0.3) is 5.69 Å². The zero-order chi connectivity index (χ0) is 24.1. The number of aryl methyl sites for hydroxylation is 1. The third-order valence-corrected chi connectivity index (χ3v) is 6.01. The molecule has 2 heterocycles. The van der Waals surface area contributed by atoms with Crippen LogP contribution in [-0.4, -0.2) is 47.0 Å². The highest BCUT2D eigenvalue weighted by molar-refractivity contribution is 5.78. The normalized spacial score (nSPS) is 15.5. The van der Waals surface area contributed by atoms with E-state index in [2.05, 4.69) is 0 Å². The minimum Gasteiger partial charge on any atom is -0.497 e. The lowest BCUT2D eigenvalue weighted by atomic mass is 10.1. The van der Waals surface area contributed by atoms with Gasteiger partial charge in [-0.15, -0.1) is 0 Å². The Kier molecular flexibility index (Phi) is 7.53. The van der Waals surface area contributed by atoms with E-state index in [1.807, 2.05) is 80.3 Å². The van der Waals surface area contributed by atoms with Gasteiger partial charge in [0.25, 0.3) is 0 Å². The molecule has 0 saturated carbocycles. The maximum Gasteiger partial charge on any atom is 0.227 e. The summed E-state index contributed by atoms with van der Waals surface area (Å²) in [7, 11) is 1.64. The predicted octanol–water partition coefficient (Wildman–Crippen LogP) is 5.15. The van der Waals surface area contributed by atoms with Crippen LogP contribution in [0.1, 0.15) is 37.9 Å². The lowest BCUT2D eigenvalue weighted by Crippen LogP contribution is -2.39. The molecule has 1 amide bonds. The molecule has 2 aromatic carbocycles. The van der Waals surface area contributed by atoms with Gasteiger partial charge >= 0.3 is 0 Å². The van der Waals surface area contributed by atoms with Crippen molar-refractivity contribution in [3.8, 4) is 23.1 Å². The Bertz CT molecular complexity index is 1090. The summed E-state index contributed by atoms with van der Waals surface area (Å²) >= 11 is 0. The fourth-order valence-corrected chi connectivity index (χ4v) is 4.15. The molecule has 7 heteroatoms. The van der Waals surface area contributed by atoms with Gasteiger partial charge in [-0.25, -0.2) is 4.68 Å². The molecular weight excluding hydrogens is 430 g/mol. The minimum absolute atomic E-state index is 0.0677. The van der Waals surface area contributed by atoms with E-state index in [4.69, 9.17) is 19.3 Å². The number of carbonyl (C=O) groups excluding carboxylic acids is 1. The van der Waals surface area contributed by atoms with E-state index in [9.17, 15) is 4.79 Å². The van der Waals surface area contributed by atoms with Crippen LogP contribution in [0.15, 0.2) is 54.6 Å². The van der Waals surface area contributed by atoms with Gasteiger partial charge < -0.3 is 19.1 Å². The maximum absolute atomic E-state index is 13.2. The van der Waals surface area contributed by atoms with E-state index in [0.29, 0.717) is 24.7 Å². The molecule has 0 N–H and O–H groups in total. The van der Waals surface area contributed by atoms with E-state index >= 15 is 0 Å². The topological polar surface area (TPSA) is 65.8 Å². The molecule has 34 heavy (non-hydrogen) atoms. The average Bonchev–Trinajstić information content (AvgIpc) is 3.47. The van der Waals surface area contributed by atoms with Crippen molar-refractivity contribution in [2.75, 3.05) is 20.3 Å². The number of amides is 1. The van der Waals surface area contributed by atoms with Gasteiger partial charge in [0.2, 0.25) is 11.8 Å². The van der Waals surface area contributed by atoms with Crippen LogP contribution in [0.2, 0.25) is 0 Å². The molecular formula is C27H33N3O4. The monoisotopic (exact) mass is 463 g/mol. The van der Waals surface area contributed by atoms with Crippen LogP contribution in [0.3, 0.4) is 0 Å². The first-order valence-corrected chi connectivity index (χ1v) is 11.8. The summed E-state index contributed by atoms with van der Waals surface area (Å²) in [6.07, 6.45) is 2.07. The summed E-state index contributed by atoms with van der Waals surface area (Å²) in [6, 6.07) is 17.3. The summed E-state index contributed by atoms with van der Waals surface area (Å²) < 4.78 is 19.3. The zero-order valence-electron chi connectivity index (χ0n) is 20.4. The van der Waals surface area contributed by atoms with Crippen LogP contribution in [-0.2, 0) is 16.1 Å². The SMILES string of the molecule is COc1ccc(Oc2c(CN(C[C@H]3CCCO3)C(=O)C(C)C)c(C)nn2-c2ccccc2)cc1. The van der Waals surface area contributed by atoms with Crippen LogP contribution < -0.4 is 9.47 Å². The number of hydrogen-bond acceptors (Lipinski definition) is 5. The second-order valence-electron chi connectivity index (χ2n) is 8.90. The molecule has 180 valence electrons. The van der Waals surface area contributed by atoms with Crippen molar-refractivity contribution in [2.24, 2.45) is 5.92 Å². The summed E-state index contributed by atoms with van der Waals surface area (Å²) in [4.78, 5) is 15.0. The quantitative estimate of drug-likeness (QED) is 0.439. The Morgan fingerprint density at radius 3 is 2.47 bits per heavy atom. The number of aromatic nitrogens is 2. The Hall–Kier alpha value is -3.32. The molecule has 4 rings (SSSR count). The van der Waals surface area contributed by atoms with Crippen molar-refractivity contribution in [3.05, 3.63) is 65.9 Å². The average molecular weight is 464 g/mol. The first-order valence-electron chi connectivity index (χ1n) is 11.8. The summed E-state index contributed by atoms with van der Waals surface area (Å²) in [5, 5.41) is 4.80. The molecule has 1 fully saturated rings. The molecule has 0 aliphatic carbocycles. The van der Waals surface area contributed by atoms with Crippen molar-refractivity contribution in [3.63, 3.8) is 0 Å². The van der Waals surface area contributed by atoms with Crippen LogP contribution >= 0.6 is 0 Å². The number of rotatable bonds is 9. The number of benzene rings is 2. The van der Waals surface area contributed by atoms with E-state index < -0.39 is 0 Å². The van der Waals surface area contributed by atoms with Gasteiger partial charge in [0.1, 0.15) is 11.5 Å². The number of carbonyl (C=O) groups is 1. The van der Waals surface area contributed by atoms with Crippen molar-refractivity contribution in [2.45, 2.75) is 46.3 Å². The molecule has 0 bridgehead atoms. The predicted molar refractivity (Wildman–Crippen MR) is 131 cm³/mol. The van der Waals surface area contributed by atoms with Crippen LogP contribution in [0, 0.1) is 12.8 Å². The Morgan fingerprint density at radius 2 is 1.85 bits per heavy atom. The highest BCUT2D eigenvalue weighted by atomic mass is 16.5. The largest absolute Gasteiger partial charge is 0.497 e. The van der Waals surface area contributed by atoms with Gasteiger partial charge in [-0.2, -0.15) is 5.10 Å². The van der Waals surface area contributed by atoms with Crippen molar-refractivity contribution < 1.29 is 19.0 Å². The smallest absolute Gasteiger partial charge is 0.227 e. The first kappa shape index (κ1) is 23.8. The highest BCUT2D eigenvalue weighted by Crippen LogP contribution is 2.33. The second-order valence-corrected chi connectivity index (χ2v) is 8.90. The molecule has 1 saturated heterocycles. The fourth-order valence-electron chi connectivity index (χ4n) is 4.15. The van der Waals surface area contributed by atoms with E-state index in [1.54, 1.807) is 11.8 Å². The third kappa shape index (κ3) is 5.42. The molecule has 7 nitrogen and oxygen atoms in total. The van der Waals surface area contributed by atoms with E-state index in [1.165, 1.54) is 0 Å². The lowest BCUT2D eigenvalue weighted by molar-refractivity contribution is -0.136.